The Hall–Kier alpha value is -1.34. The van der Waals surface area contributed by atoms with Gasteiger partial charge in [0.05, 0.1) is 5.60 Å². The summed E-state index contributed by atoms with van der Waals surface area (Å²) in [6.45, 7) is 3.98. The number of allylic oxidation sites excluding steroid dienone is 2. The minimum Gasteiger partial charge on any atom is -0.386 e. The predicted octanol–water partition coefficient (Wildman–Crippen LogP) is 3.17. The monoisotopic (exact) mass is 214 g/mol. The van der Waals surface area contributed by atoms with Crippen LogP contribution in [0.15, 0.2) is 48.1 Å². The van der Waals surface area contributed by atoms with Crippen LogP contribution in [-0.2, 0) is 6.42 Å². The average molecular weight is 214 g/mol. The van der Waals surface area contributed by atoms with Crippen LogP contribution in [0.1, 0.15) is 24.5 Å². The molecule has 1 unspecified atom stereocenters. The van der Waals surface area contributed by atoms with Gasteiger partial charge in [-0.15, -0.1) is 0 Å². The van der Waals surface area contributed by atoms with Crippen LogP contribution in [0.2, 0.25) is 0 Å². The van der Waals surface area contributed by atoms with E-state index in [0.717, 1.165) is 6.42 Å². The smallest absolute Gasteiger partial charge is 0.0837 e. The lowest BCUT2D eigenvalue weighted by Crippen LogP contribution is -2.21. The summed E-state index contributed by atoms with van der Waals surface area (Å²) in [5.41, 5.74) is 3.32. The van der Waals surface area contributed by atoms with E-state index in [9.17, 15) is 5.11 Å². The molecule has 1 aromatic rings. The van der Waals surface area contributed by atoms with Gasteiger partial charge in [0.1, 0.15) is 0 Å². The van der Waals surface area contributed by atoms with Crippen molar-refractivity contribution in [3.63, 3.8) is 0 Å². The maximum Gasteiger partial charge on any atom is 0.0837 e. The fourth-order valence-electron chi connectivity index (χ4n) is 1.92. The SMILES string of the molecule is Cc1ccccc1CC1=CCC(C)(O)C=C1. The lowest BCUT2D eigenvalue weighted by molar-refractivity contribution is 0.113. The molecule has 84 valence electrons. The highest BCUT2D eigenvalue weighted by atomic mass is 16.3. The number of hydrogen-bond donors (Lipinski definition) is 1. The first-order valence-electron chi connectivity index (χ1n) is 5.72. The van der Waals surface area contributed by atoms with Crippen LogP contribution in [0, 0.1) is 6.92 Å². The highest BCUT2D eigenvalue weighted by Crippen LogP contribution is 2.23. The molecule has 0 spiro atoms. The van der Waals surface area contributed by atoms with Crippen molar-refractivity contribution in [3.8, 4) is 0 Å². The molecule has 1 aromatic carbocycles. The summed E-state index contributed by atoms with van der Waals surface area (Å²) in [5, 5.41) is 9.78. The summed E-state index contributed by atoms with van der Waals surface area (Å²) < 4.78 is 0. The van der Waals surface area contributed by atoms with Crippen molar-refractivity contribution >= 4 is 0 Å². The van der Waals surface area contributed by atoms with Crippen molar-refractivity contribution in [2.45, 2.75) is 32.3 Å². The first-order chi connectivity index (χ1) is 7.57. The number of hydrogen-bond acceptors (Lipinski definition) is 1. The summed E-state index contributed by atoms with van der Waals surface area (Å²) in [4.78, 5) is 0. The molecule has 0 saturated heterocycles. The van der Waals surface area contributed by atoms with Crippen LogP contribution in [0.5, 0.6) is 0 Å². The standard InChI is InChI=1S/C15H18O/c1-12-5-3-4-6-14(12)11-13-7-9-15(2,16)10-8-13/h3-9,16H,10-11H2,1-2H3. The molecule has 1 nitrogen and oxygen atoms in total. The molecule has 0 aliphatic heterocycles. The molecule has 0 radical (unpaired) electrons. The van der Waals surface area contributed by atoms with Gasteiger partial charge in [-0.2, -0.15) is 0 Å². The van der Waals surface area contributed by atoms with Gasteiger partial charge in [-0.1, -0.05) is 42.5 Å². The molecule has 0 amide bonds. The summed E-state index contributed by atoms with van der Waals surface area (Å²) in [7, 11) is 0. The Morgan fingerprint density at radius 1 is 1.31 bits per heavy atom. The number of rotatable bonds is 2. The fraction of sp³-hybridized carbons (Fsp3) is 0.333. The molecule has 1 aliphatic carbocycles. The summed E-state index contributed by atoms with van der Waals surface area (Å²) in [6.07, 6.45) is 7.73. The van der Waals surface area contributed by atoms with E-state index in [1.165, 1.54) is 16.7 Å². The molecule has 2 rings (SSSR count). The average Bonchev–Trinajstić information content (AvgIpc) is 2.24. The van der Waals surface area contributed by atoms with E-state index in [-0.39, 0.29) is 0 Å². The van der Waals surface area contributed by atoms with E-state index in [1.54, 1.807) is 0 Å². The zero-order valence-electron chi connectivity index (χ0n) is 9.90. The molecule has 1 heteroatoms. The van der Waals surface area contributed by atoms with Gasteiger partial charge in [-0.3, -0.25) is 0 Å². The molecular formula is C15H18O. The molecule has 1 N–H and O–H groups in total. The zero-order chi connectivity index (χ0) is 11.6. The van der Waals surface area contributed by atoms with Crippen molar-refractivity contribution < 1.29 is 5.11 Å². The van der Waals surface area contributed by atoms with Crippen LogP contribution in [0.25, 0.3) is 0 Å². The molecule has 0 saturated carbocycles. The quantitative estimate of drug-likeness (QED) is 0.801. The van der Waals surface area contributed by atoms with E-state index in [2.05, 4.69) is 37.3 Å². The first-order valence-corrected chi connectivity index (χ1v) is 5.72. The Balaban J connectivity index is 2.11. The molecule has 0 bridgehead atoms. The number of aliphatic hydroxyl groups is 1. The van der Waals surface area contributed by atoms with E-state index >= 15 is 0 Å². The topological polar surface area (TPSA) is 20.2 Å². The van der Waals surface area contributed by atoms with Gasteiger partial charge in [0.25, 0.3) is 0 Å². The van der Waals surface area contributed by atoms with Crippen molar-refractivity contribution in [2.75, 3.05) is 0 Å². The largest absolute Gasteiger partial charge is 0.386 e. The Morgan fingerprint density at radius 2 is 2.06 bits per heavy atom. The fourth-order valence-corrected chi connectivity index (χ4v) is 1.92. The van der Waals surface area contributed by atoms with E-state index < -0.39 is 5.60 Å². The van der Waals surface area contributed by atoms with Gasteiger partial charge in [-0.05, 0) is 43.4 Å². The Bertz CT molecular complexity index is 439. The van der Waals surface area contributed by atoms with Gasteiger partial charge < -0.3 is 5.11 Å². The van der Waals surface area contributed by atoms with Gasteiger partial charge >= 0.3 is 0 Å². The molecule has 16 heavy (non-hydrogen) atoms. The second-order valence-electron chi connectivity index (χ2n) is 4.78. The molecule has 0 fully saturated rings. The van der Waals surface area contributed by atoms with E-state index in [1.807, 2.05) is 19.1 Å². The third-order valence-corrected chi connectivity index (χ3v) is 3.09. The highest BCUT2D eigenvalue weighted by molar-refractivity contribution is 5.36. The summed E-state index contributed by atoms with van der Waals surface area (Å²) in [6, 6.07) is 8.44. The molecule has 1 aliphatic rings. The van der Waals surface area contributed by atoms with Gasteiger partial charge in [-0.25, -0.2) is 0 Å². The predicted molar refractivity (Wildman–Crippen MR) is 67.3 cm³/mol. The maximum atomic E-state index is 9.78. The lowest BCUT2D eigenvalue weighted by atomic mass is 9.90. The number of benzene rings is 1. The molecule has 0 heterocycles. The second-order valence-corrected chi connectivity index (χ2v) is 4.78. The third-order valence-electron chi connectivity index (χ3n) is 3.09. The van der Waals surface area contributed by atoms with Gasteiger partial charge in [0, 0.05) is 0 Å². The van der Waals surface area contributed by atoms with E-state index in [0.29, 0.717) is 6.42 Å². The van der Waals surface area contributed by atoms with E-state index in [4.69, 9.17) is 0 Å². The molecule has 1 atom stereocenters. The normalized spacial score (nSPS) is 24.3. The van der Waals surface area contributed by atoms with Crippen LogP contribution in [0.3, 0.4) is 0 Å². The Kier molecular flexibility index (Phi) is 2.97. The molecular weight excluding hydrogens is 196 g/mol. The van der Waals surface area contributed by atoms with Crippen molar-refractivity contribution in [1.29, 1.82) is 0 Å². The van der Waals surface area contributed by atoms with Crippen LogP contribution >= 0.6 is 0 Å². The van der Waals surface area contributed by atoms with Gasteiger partial charge in [0.15, 0.2) is 0 Å². The van der Waals surface area contributed by atoms with Crippen LogP contribution in [0.4, 0.5) is 0 Å². The lowest BCUT2D eigenvalue weighted by Gasteiger charge is -2.21. The van der Waals surface area contributed by atoms with Gasteiger partial charge in [0.2, 0.25) is 0 Å². The van der Waals surface area contributed by atoms with Crippen molar-refractivity contribution in [1.82, 2.24) is 0 Å². The minimum atomic E-state index is -0.658. The van der Waals surface area contributed by atoms with Crippen molar-refractivity contribution in [3.05, 3.63) is 59.2 Å². The second kappa shape index (κ2) is 4.26. The highest BCUT2D eigenvalue weighted by Gasteiger charge is 2.18. The minimum absolute atomic E-state index is 0.658. The third kappa shape index (κ3) is 2.61. The van der Waals surface area contributed by atoms with Crippen LogP contribution < -0.4 is 0 Å². The number of aryl methyl sites for hydroxylation is 1. The van der Waals surface area contributed by atoms with Crippen molar-refractivity contribution in [2.24, 2.45) is 0 Å². The molecule has 0 aromatic heterocycles. The maximum absolute atomic E-state index is 9.78. The summed E-state index contributed by atoms with van der Waals surface area (Å²) in [5.74, 6) is 0. The Labute approximate surface area is 97.1 Å². The Morgan fingerprint density at radius 3 is 2.69 bits per heavy atom. The summed E-state index contributed by atoms with van der Waals surface area (Å²) >= 11 is 0. The first kappa shape index (κ1) is 11.2. The van der Waals surface area contributed by atoms with Crippen LogP contribution in [-0.4, -0.2) is 10.7 Å². The zero-order valence-corrected chi connectivity index (χ0v) is 9.90.